The van der Waals surface area contributed by atoms with Gasteiger partial charge in [-0.05, 0) is 24.6 Å². The number of rotatable bonds is 1. The summed E-state index contributed by atoms with van der Waals surface area (Å²) in [5, 5.41) is 0.359. The van der Waals surface area contributed by atoms with Gasteiger partial charge in [0.05, 0.1) is 18.6 Å². The number of thioether (sulfide) groups is 1. The lowest BCUT2D eigenvalue weighted by atomic mass is 10.2. The van der Waals surface area contributed by atoms with Crippen LogP contribution in [0.4, 0.5) is 10.5 Å². The molecule has 0 radical (unpaired) electrons. The van der Waals surface area contributed by atoms with E-state index < -0.39 is 6.09 Å². The number of carbonyl (C=O) groups is 2. The molecular weight excluding hydrogens is 252 g/mol. The molecule has 0 unspecified atom stereocenters. The Hall–Kier alpha value is -1.82. The molecule has 0 atom stereocenters. The summed E-state index contributed by atoms with van der Waals surface area (Å²) in [5.74, 6) is 0.192. The standard InChI is InChI=1S/C12H12N2O3S/c1-8-4-3-5-9(6-8)14-10(15)7-18-11(14)13-12(16)17-2/h3-6H,7H2,1-2H3/b13-11-. The van der Waals surface area contributed by atoms with E-state index in [4.69, 9.17) is 0 Å². The van der Waals surface area contributed by atoms with Gasteiger partial charge in [-0.3, -0.25) is 9.69 Å². The molecule has 94 valence electrons. The van der Waals surface area contributed by atoms with Gasteiger partial charge in [0.1, 0.15) is 0 Å². The average Bonchev–Trinajstić information content (AvgIpc) is 2.70. The molecule has 1 aliphatic rings. The number of ether oxygens (including phenoxy) is 1. The van der Waals surface area contributed by atoms with E-state index in [2.05, 4.69) is 9.73 Å². The van der Waals surface area contributed by atoms with Gasteiger partial charge in [-0.1, -0.05) is 23.9 Å². The van der Waals surface area contributed by atoms with Crippen LogP contribution in [-0.4, -0.2) is 30.0 Å². The zero-order valence-electron chi connectivity index (χ0n) is 10.0. The Morgan fingerprint density at radius 2 is 2.28 bits per heavy atom. The van der Waals surface area contributed by atoms with Gasteiger partial charge in [0.15, 0.2) is 5.17 Å². The Bertz CT molecular complexity index is 528. The number of aryl methyl sites for hydroxylation is 1. The minimum absolute atomic E-state index is 0.0896. The van der Waals surface area contributed by atoms with Crippen molar-refractivity contribution in [3.8, 4) is 0 Å². The monoisotopic (exact) mass is 264 g/mol. The number of aliphatic imine (C=N–C) groups is 1. The fraction of sp³-hybridized carbons (Fsp3) is 0.250. The first-order chi connectivity index (χ1) is 8.61. The van der Waals surface area contributed by atoms with Crippen LogP contribution in [0.2, 0.25) is 0 Å². The first kappa shape index (κ1) is 12.6. The van der Waals surface area contributed by atoms with Crippen LogP contribution in [0.5, 0.6) is 0 Å². The van der Waals surface area contributed by atoms with Crippen molar-refractivity contribution >= 4 is 34.6 Å². The van der Waals surface area contributed by atoms with Crippen molar-refractivity contribution in [2.24, 2.45) is 4.99 Å². The molecule has 0 bridgehead atoms. The molecule has 18 heavy (non-hydrogen) atoms. The highest BCUT2D eigenvalue weighted by Crippen LogP contribution is 2.27. The number of amides is 2. The Morgan fingerprint density at radius 1 is 1.50 bits per heavy atom. The summed E-state index contributed by atoms with van der Waals surface area (Å²) in [5.41, 5.74) is 1.75. The maximum Gasteiger partial charge on any atom is 0.435 e. The smallest absolute Gasteiger partial charge is 0.435 e. The quantitative estimate of drug-likeness (QED) is 0.780. The van der Waals surface area contributed by atoms with E-state index in [0.29, 0.717) is 10.9 Å². The second-order valence-electron chi connectivity index (χ2n) is 3.72. The molecule has 2 amide bonds. The summed E-state index contributed by atoms with van der Waals surface area (Å²) < 4.78 is 4.48. The fourth-order valence-electron chi connectivity index (χ4n) is 1.59. The maximum absolute atomic E-state index is 11.8. The highest BCUT2D eigenvalue weighted by molar-refractivity contribution is 8.15. The molecule has 1 heterocycles. The molecule has 0 spiro atoms. The molecule has 1 aromatic rings. The SMILES string of the molecule is COC(=O)/N=C1\SCC(=O)N1c1cccc(C)c1. The lowest BCUT2D eigenvalue weighted by Crippen LogP contribution is -2.29. The minimum Gasteiger partial charge on any atom is -0.451 e. The van der Waals surface area contributed by atoms with Crippen LogP contribution in [0, 0.1) is 6.92 Å². The van der Waals surface area contributed by atoms with Crippen LogP contribution < -0.4 is 4.90 Å². The third kappa shape index (κ3) is 2.53. The Morgan fingerprint density at radius 3 is 2.94 bits per heavy atom. The lowest BCUT2D eigenvalue weighted by Gasteiger charge is -2.15. The van der Waals surface area contributed by atoms with Crippen molar-refractivity contribution in [1.29, 1.82) is 0 Å². The molecule has 0 aromatic heterocycles. The van der Waals surface area contributed by atoms with Crippen molar-refractivity contribution in [3.05, 3.63) is 29.8 Å². The number of nitrogens with zero attached hydrogens (tertiary/aromatic N) is 2. The summed E-state index contributed by atoms with van der Waals surface area (Å²) in [6.07, 6.45) is -0.704. The largest absolute Gasteiger partial charge is 0.451 e. The van der Waals surface area contributed by atoms with Gasteiger partial charge in [0, 0.05) is 0 Å². The number of hydrogen-bond acceptors (Lipinski definition) is 4. The van der Waals surface area contributed by atoms with Crippen molar-refractivity contribution < 1.29 is 14.3 Å². The highest BCUT2D eigenvalue weighted by atomic mass is 32.2. The van der Waals surface area contributed by atoms with Crippen molar-refractivity contribution in [1.82, 2.24) is 0 Å². The number of carbonyl (C=O) groups excluding carboxylic acids is 2. The first-order valence-corrected chi connectivity index (χ1v) is 6.29. The van der Waals surface area contributed by atoms with Crippen LogP contribution in [0.25, 0.3) is 0 Å². The topological polar surface area (TPSA) is 59.0 Å². The van der Waals surface area contributed by atoms with Crippen LogP contribution in [0.1, 0.15) is 5.56 Å². The van der Waals surface area contributed by atoms with Gasteiger partial charge in [0.2, 0.25) is 5.91 Å². The Kier molecular flexibility index (Phi) is 3.66. The molecule has 0 saturated carbocycles. The molecule has 6 heteroatoms. The number of hydrogen-bond donors (Lipinski definition) is 0. The van der Waals surface area contributed by atoms with Gasteiger partial charge >= 0.3 is 6.09 Å². The van der Waals surface area contributed by atoms with E-state index in [-0.39, 0.29) is 11.7 Å². The minimum atomic E-state index is -0.704. The van der Waals surface area contributed by atoms with Crippen LogP contribution in [0.3, 0.4) is 0 Å². The van der Waals surface area contributed by atoms with Gasteiger partial charge < -0.3 is 4.74 Å². The van der Waals surface area contributed by atoms with Crippen LogP contribution in [-0.2, 0) is 9.53 Å². The van der Waals surface area contributed by atoms with E-state index in [0.717, 1.165) is 5.56 Å². The van der Waals surface area contributed by atoms with E-state index in [1.807, 2.05) is 31.2 Å². The highest BCUT2D eigenvalue weighted by Gasteiger charge is 2.30. The van der Waals surface area contributed by atoms with Gasteiger partial charge in [0.25, 0.3) is 0 Å². The molecule has 5 nitrogen and oxygen atoms in total. The summed E-state index contributed by atoms with van der Waals surface area (Å²) in [4.78, 5) is 28.2. The molecule has 2 rings (SSSR count). The van der Waals surface area contributed by atoms with E-state index in [9.17, 15) is 9.59 Å². The lowest BCUT2D eigenvalue weighted by molar-refractivity contribution is -0.115. The first-order valence-electron chi connectivity index (χ1n) is 5.31. The zero-order valence-corrected chi connectivity index (χ0v) is 10.9. The number of amidine groups is 1. The third-order valence-electron chi connectivity index (χ3n) is 2.39. The molecule has 1 saturated heterocycles. The third-order valence-corrected chi connectivity index (χ3v) is 3.31. The Labute approximate surface area is 109 Å². The number of anilines is 1. The molecule has 0 N–H and O–H groups in total. The molecule has 1 aliphatic heterocycles. The van der Waals surface area contributed by atoms with Crippen molar-refractivity contribution in [3.63, 3.8) is 0 Å². The predicted molar refractivity (Wildman–Crippen MR) is 71.0 cm³/mol. The molecular formula is C12H12N2O3S. The van der Waals surface area contributed by atoms with E-state index >= 15 is 0 Å². The maximum atomic E-state index is 11.8. The molecule has 0 aliphatic carbocycles. The van der Waals surface area contributed by atoms with Crippen LogP contribution in [0.15, 0.2) is 29.3 Å². The van der Waals surface area contributed by atoms with Gasteiger partial charge in [-0.25, -0.2) is 4.79 Å². The van der Waals surface area contributed by atoms with Gasteiger partial charge in [-0.2, -0.15) is 4.99 Å². The fourth-order valence-corrected chi connectivity index (χ4v) is 2.45. The van der Waals surface area contributed by atoms with Crippen molar-refractivity contribution in [2.45, 2.75) is 6.92 Å². The summed E-state index contributed by atoms with van der Waals surface area (Å²) >= 11 is 1.23. The predicted octanol–water partition coefficient (Wildman–Crippen LogP) is 2.20. The summed E-state index contributed by atoms with van der Waals surface area (Å²) in [6, 6.07) is 7.48. The number of methoxy groups -OCH3 is 1. The molecule has 1 aromatic carbocycles. The van der Waals surface area contributed by atoms with Gasteiger partial charge in [-0.15, -0.1) is 0 Å². The molecule has 1 fully saturated rings. The number of benzene rings is 1. The second-order valence-corrected chi connectivity index (χ2v) is 4.66. The van der Waals surface area contributed by atoms with Crippen molar-refractivity contribution in [2.75, 3.05) is 17.8 Å². The zero-order chi connectivity index (χ0) is 13.1. The summed E-state index contributed by atoms with van der Waals surface area (Å²) in [7, 11) is 1.25. The van der Waals surface area contributed by atoms with E-state index in [1.165, 1.54) is 23.8 Å². The van der Waals surface area contributed by atoms with Crippen LogP contribution >= 0.6 is 11.8 Å². The summed E-state index contributed by atoms with van der Waals surface area (Å²) in [6.45, 7) is 1.94. The Balaban J connectivity index is 2.37. The second kappa shape index (κ2) is 5.22. The van der Waals surface area contributed by atoms with E-state index in [1.54, 1.807) is 0 Å². The average molecular weight is 264 g/mol. The normalized spacial score (nSPS) is 17.3.